The maximum absolute atomic E-state index is 12.4. The van der Waals surface area contributed by atoms with Crippen molar-refractivity contribution in [2.24, 2.45) is 5.92 Å². The molecule has 0 radical (unpaired) electrons. The molecule has 0 spiro atoms. The fourth-order valence-electron chi connectivity index (χ4n) is 4.52. The number of hydrogen-bond acceptors (Lipinski definition) is 2. The van der Waals surface area contributed by atoms with Gasteiger partial charge in [0.05, 0.1) is 12.2 Å². The zero-order chi connectivity index (χ0) is 20.5. The minimum absolute atomic E-state index is 0.201. The molecule has 1 atom stereocenters. The molecule has 2 nitrogen and oxygen atoms in total. The summed E-state index contributed by atoms with van der Waals surface area (Å²) >= 11 is 0. The summed E-state index contributed by atoms with van der Waals surface area (Å²) in [6, 6.07) is 18.4. The van der Waals surface area contributed by atoms with Gasteiger partial charge in [0.15, 0.2) is 0 Å². The van der Waals surface area contributed by atoms with Crippen molar-refractivity contribution >= 4 is 5.97 Å². The molecular formula is C27H36O2. The molecular weight excluding hydrogens is 356 g/mol. The number of carbonyl (C=O) groups excluding carboxylic acids is 1. The summed E-state index contributed by atoms with van der Waals surface area (Å²) in [5.74, 6) is 1.56. The number of esters is 1. The second-order valence-electron chi connectivity index (χ2n) is 8.75. The number of rotatable bonds is 9. The Balaban J connectivity index is 1.45. The summed E-state index contributed by atoms with van der Waals surface area (Å²) in [4.78, 5) is 12.4. The lowest BCUT2D eigenvalue weighted by Crippen LogP contribution is -2.14. The molecule has 29 heavy (non-hydrogen) atoms. The van der Waals surface area contributed by atoms with Gasteiger partial charge in [-0.1, -0.05) is 82.0 Å². The number of hydrogen-bond donors (Lipinski definition) is 0. The van der Waals surface area contributed by atoms with Gasteiger partial charge in [-0.25, -0.2) is 4.79 Å². The Morgan fingerprint density at radius 3 is 2.31 bits per heavy atom. The Labute approximate surface area is 176 Å². The molecule has 156 valence electrons. The van der Waals surface area contributed by atoms with Crippen LogP contribution in [0.3, 0.4) is 0 Å². The van der Waals surface area contributed by atoms with Gasteiger partial charge in [-0.15, -0.1) is 0 Å². The minimum Gasteiger partial charge on any atom is -0.461 e. The van der Waals surface area contributed by atoms with E-state index < -0.39 is 0 Å². The Morgan fingerprint density at radius 2 is 1.66 bits per heavy atom. The fraction of sp³-hybridized carbons (Fsp3) is 0.519. The van der Waals surface area contributed by atoms with Gasteiger partial charge in [0.1, 0.15) is 0 Å². The van der Waals surface area contributed by atoms with Crippen LogP contribution in [0.4, 0.5) is 0 Å². The van der Waals surface area contributed by atoms with Crippen molar-refractivity contribution in [3.8, 4) is 0 Å². The third-order valence-electron chi connectivity index (χ3n) is 6.51. The third kappa shape index (κ3) is 6.45. The summed E-state index contributed by atoms with van der Waals surface area (Å²) in [6.07, 6.45) is 10.8. The van der Waals surface area contributed by atoms with Crippen molar-refractivity contribution in [1.29, 1.82) is 0 Å². The number of benzene rings is 2. The van der Waals surface area contributed by atoms with Crippen LogP contribution in [0.5, 0.6) is 0 Å². The summed E-state index contributed by atoms with van der Waals surface area (Å²) < 4.78 is 5.55. The Kier molecular flexibility index (Phi) is 8.34. The van der Waals surface area contributed by atoms with Crippen molar-refractivity contribution in [1.82, 2.24) is 0 Å². The van der Waals surface area contributed by atoms with Gasteiger partial charge in [0.2, 0.25) is 0 Å². The van der Waals surface area contributed by atoms with Crippen LogP contribution in [0.1, 0.15) is 98.5 Å². The van der Waals surface area contributed by atoms with E-state index in [1.165, 1.54) is 62.5 Å². The molecule has 2 aromatic rings. The van der Waals surface area contributed by atoms with Gasteiger partial charge < -0.3 is 4.74 Å². The molecule has 0 heterocycles. The molecule has 2 heteroatoms. The average molecular weight is 393 g/mol. The Hall–Kier alpha value is -2.09. The molecule has 1 unspecified atom stereocenters. The first-order chi connectivity index (χ1) is 14.2. The zero-order valence-corrected chi connectivity index (χ0v) is 18.1. The van der Waals surface area contributed by atoms with E-state index in [1.807, 2.05) is 30.3 Å². The van der Waals surface area contributed by atoms with Crippen LogP contribution < -0.4 is 0 Å². The van der Waals surface area contributed by atoms with Crippen molar-refractivity contribution in [2.45, 2.75) is 77.0 Å². The molecule has 0 aromatic heterocycles. The van der Waals surface area contributed by atoms with Gasteiger partial charge in [-0.3, -0.25) is 0 Å². The fourth-order valence-corrected chi connectivity index (χ4v) is 4.52. The predicted molar refractivity (Wildman–Crippen MR) is 120 cm³/mol. The topological polar surface area (TPSA) is 26.3 Å². The minimum atomic E-state index is -0.223. The Morgan fingerprint density at radius 1 is 0.966 bits per heavy atom. The van der Waals surface area contributed by atoms with E-state index in [-0.39, 0.29) is 11.9 Å². The molecule has 1 aliphatic rings. The molecule has 3 rings (SSSR count). The maximum Gasteiger partial charge on any atom is 0.338 e. The van der Waals surface area contributed by atoms with Gasteiger partial charge in [-0.05, 0) is 60.8 Å². The van der Waals surface area contributed by atoms with Gasteiger partial charge in [0.25, 0.3) is 0 Å². The summed E-state index contributed by atoms with van der Waals surface area (Å²) in [5, 5.41) is 0. The summed E-state index contributed by atoms with van der Waals surface area (Å²) in [6.45, 7) is 4.77. The predicted octanol–water partition coefficient (Wildman–Crippen LogP) is 7.50. The molecule has 0 aliphatic heterocycles. The first-order valence-electron chi connectivity index (χ1n) is 11.5. The molecule has 0 bridgehead atoms. The van der Waals surface area contributed by atoms with Crippen LogP contribution in [0.25, 0.3) is 0 Å². The van der Waals surface area contributed by atoms with E-state index in [1.54, 1.807) is 0 Å². The van der Waals surface area contributed by atoms with Crippen molar-refractivity contribution in [3.05, 3.63) is 71.3 Å². The highest BCUT2D eigenvalue weighted by molar-refractivity contribution is 5.89. The lowest BCUT2D eigenvalue weighted by atomic mass is 9.77. The molecule has 0 saturated heterocycles. The van der Waals surface area contributed by atoms with E-state index in [2.05, 4.69) is 38.1 Å². The van der Waals surface area contributed by atoms with Crippen molar-refractivity contribution in [3.63, 3.8) is 0 Å². The average Bonchev–Trinajstić information content (AvgIpc) is 2.78. The largest absolute Gasteiger partial charge is 0.461 e. The molecule has 1 saturated carbocycles. The molecule has 1 fully saturated rings. The zero-order valence-electron chi connectivity index (χ0n) is 18.1. The van der Waals surface area contributed by atoms with Crippen molar-refractivity contribution < 1.29 is 9.53 Å². The van der Waals surface area contributed by atoms with Crippen LogP contribution in [0.2, 0.25) is 0 Å². The quantitative estimate of drug-likeness (QED) is 0.326. The van der Waals surface area contributed by atoms with E-state index in [9.17, 15) is 4.79 Å². The lowest BCUT2D eigenvalue weighted by Gasteiger charge is -2.29. The second-order valence-corrected chi connectivity index (χ2v) is 8.75. The first-order valence-corrected chi connectivity index (χ1v) is 11.5. The molecule has 0 amide bonds. The van der Waals surface area contributed by atoms with Gasteiger partial charge in [-0.2, -0.15) is 0 Å². The third-order valence-corrected chi connectivity index (χ3v) is 6.51. The summed E-state index contributed by atoms with van der Waals surface area (Å²) in [7, 11) is 0. The van der Waals surface area contributed by atoms with Crippen LogP contribution >= 0.6 is 0 Å². The van der Waals surface area contributed by atoms with E-state index in [4.69, 9.17) is 4.74 Å². The molecule has 2 aromatic carbocycles. The highest BCUT2D eigenvalue weighted by Crippen LogP contribution is 2.37. The SMILES string of the molecule is CCCCCC1CCC(c2ccc(C(=O)OCC(C)c3ccccc3)cc2)CC1. The van der Waals surface area contributed by atoms with Gasteiger partial charge in [0, 0.05) is 5.92 Å². The monoisotopic (exact) mass is 392 g/mol. The second kappa shape index (κ2) is 11.2. The number of ether oxygens (including phenoxy) is 1. The van der Waals surface area contributed by atoms with Crippen LogP contribution in [-0.4, -0.2) is 12.6 Å². The highest BCUT2D eigenvalue weighted by Gasteiger charge is 2.22. The van der Waals surface area contributed by atoms with E-state index in [0.29, 0.717) is 18.1 Å². The highest BCUT2D eigenvalue weighted by atomic mass is 16.5. The van der Waals surface area contributed by atoms with Crippen LogP contribution in [0.15, 0.2) is 54.6 Å². The number of unbranched alkanes of at least 4 members (excludes halogenated alkanes) is 2. The lowest BCUT2D eigenvalue weighted by molar-refractivity contribution is 0.0485. The van der Waals surface area contributed by atoms with E-state index >= 15 is 0 Å². The van der Waals surface area contributed by atoms with Crippen LogP contribution in [-0.2, 0) is 4.74 Å². The standard InChI is InChI=1S/C27H36O2/c1-3-4-6-9-22-12-14-24(15-13-22)25-16-18-26(19-17-25)27(28)29-20-21(2)23-10-7-5-8-11-23/h5,7-8,10-11,16-19,21-22,24H,3-4,6,9,12-15,20H2,1-2H3. The molecule has 0 N–H and O–H groups in total. The van der Waals surface area contributed by atoms with Crippen molar-refractivity contribution in [2.75, 3.05) is 6.61 Å². The normalized spacial score (nSPS) is 20.2. The van der Waals surface area contributed by atoms with Gasteiger partial charge >= 0.3 is 5.97 Å². The van der Waals surface area contributed by atoms with Crippen LogP contribution in [0, 0.1) is 5.92 Å². The van der Waals surface area contributed by atoms with E-state index in [0.717, 1.165) is 5.92 Å². The smallest absolute Gasteiger partial charge is 0.338 e. The first kappa shape index (κ1) is 21.6. The number of carbonyl (C=O) groups is 1. The molecule has 1 aliphatic carbocycles. The Bertz CT molecular complexity index is 727. The summed E-state index contributed by atoms with van der Waals surface area (Å²) in [5.41, 5.74) is 3.23. The maximum atomic E-state index is 12.4.